The number of benzene rings is 2. The molecule has 38 heavy (non-hydrogen) atoms. The third-order valence-electron chi connectivity index (χ3n) is 6.58. The summed E-state index contributed by atoms with van der Waals surface area (Å²) in [5, 5.41) is 11.4. The topological polar surface area (TPSA) is 114 Å². The highest BCUT2D eigenvalue weighted by Gasteiger charge is 2.46. The molecule has 0 bridgehead atoms. The van der Waals surface area contributed by atoms with E-state index in [-0.39, 0.29) is 11.3 Å². The minimum Gasteiger partial charge on any atom is -0.507 e. The predicted molar refractivity (Wildman–Crippen MR) is 136 cm³/mol. The van der Waals surface area contributed by atoms with Crippen LogP contribution in [0.3, 0.4) is 0 Å². The van der Waals surface area contributed by atoms with Crippen molar-refractivity contribution >= 4 is 17.4 Å². The first kappa shape index (κ1) is 25.2. The number of imidazole rings is 1. The van der Waals surface area contributed by atoms with E-state index in [9.17, 15) is 14.7 Å². The Morgan fingerprint density at radius 3 is 2.68 bits per heavy atom. The molecule has 1 aromatic heterocycles. The number of amides is 1. The number of methoxy groups -OCH3 is 1. The molecule has 0 saturated carbocycles. The van der Waals surface area contributed by atoms with Gasteiger partial charge < -0.3 is 29.0 Å². The molecule has 0 spiro atoms. The Hall–Kier alpha value is -4.47. The number of likely N-dealkylation sites (tertiary alicyclic amines) is 1. The number of aromatic amines is 1. The molecule has 2 N–H and O–H groups in total. The van der Waals surface area contributed by atoms with E-state index in [1.54, 1.807) is 36.4 Å². The van der Waals surface area contributed by atoms with Gasteiger partial charge in [0.25, 0.3) is 11.7 Å². The van der Waals surface area contributed by atoms with Crippen molar-refractivity contribution in [2.75, 3.05) is 33.5 Å². The maximum absolute atomic E-state index is 13.4. The monoisotopic (exact) mass is 520 g/mol. The number of aliphatic hydroxyl groups is 1. The van der Waals surface area contributed by atoms with Crippen molar-refractivity contribution in [3.63, 3.8) is 0 Å². The zero-order valence-corrected chi connectivity index (χ0v) is 21.3. The molecular formula is C28H30N3O7+. The van der Waals surface area contributed by atoms with Gasteiger partial charge in [-0.2, -0.15) is 0 Å². The number of aryl methyl sites for hydroxylation is 1. The molecule has 10 nitrogen and oxygen atoms in total. The van der Waals surface area contributed by atoms with E-state index in [1.165, 1.54) is 12.0 Å². The zero-order valence-electron chi connectivity index (χ0n) is 21.3. The molecule has 5 rings (SSSR count). The molecule has 3 heterocycles. The predicted octanol–water partition coefficient (Wildman–Crippen LogP) is 2.99. The van der Waals surface area contributed by atoms with Crippen molar-refractivity contribution in [2.45, 2.75) is 25.9 Å². The van der Waals surface area contributed by atoms with E-state index in [4.69, 9.17) is 18.9 Å². The maximum atomic E-state index is 13.4. The number of aliphatic hydroxyl groups excluding tert-OH is 1. The van der Waals surface area contributed by atoms with Crippen LogP contribution in [0.25, 0.3) is 5.76 Å². The fraction of sp³-hybridized carbons (Fsp3) is 0.321. The second-order valence-electron chi connectivity index (χ2n) is 8.90. The number of rotatable bonds is 9. The largest absolute Gasteiger partial charge is 0.507 e. The van der Waals surface area contributed by atoms with Crippen LogP contribution in [-0.2, 0) is 16.1 Å². The van der Waals surface area contributed by atoms with E-state index in [0.717, 1.165) is 0 Å². The lowest BCUT2D eigenvalue weighted by molar-refractivity contribution is -0.695. The minimum absolute atomic E-state index is 0.00666. The molecule has 2 aliphatic heterocycles. The Kier molecular flexibility index (Phi) is 7.21. The Bertz CT molecular complexity index is 1370. The highest BCUT2D eigenvalue weighted by Crippen LogP contribution is 2.43. The molecule has 198 valence electrons. The van der Waals surface area contributed by atoms with Gasteiger partial charge in [0.1, 0.15) is 31.4 Å². The number of Topliss-reactive ketones (excluding diaryl/α,β-unsaturated/α-hetero) is 1. The number of carbonyl (C=O) groups excluding carboxylic acids is 2. The van der Waals surface area contributed by atoms with Gasteiger partial charge in [-0.25, -0.2) is 4.57 Å². The summed E-state index contributed by atoms with van der Waals surface area (Å²) in [5.41, 5.74) is 0.989. The van der Waals surface area contributed by atoms with Gasteiger partial charge in [-0.05, 0) is 42.8 Å². The summed E-state index contributed by atoms with van der Waals surface area (Å²) in [4.78, 5) is 31.2. The standard InChI is InChI=1S/C28H29N3O7/c1-3-36-20-7-5-18(15-22(20)35-2)25-24(26(32)19-6-8-21-23(16-19)38-14-13-37-21)27(33)28(34)31(25)11-4-10-30-12-9-29-17-30/h5-9,12,15-17,25H,3-4,10-11,13-14H2,1-2H3,(H,32,33)/p+1. The van der Waals surface area contributed by atoms with Gasteiger partial charge in [0.05, 0.1) is 31.9 Å². The smallest absolute Gasteiger partial charge is 0.295 e. The van der Waals surface area contributed by atoms with Crippen LogP contribution in [0.5, 0.6) is 23.0 Å². The molecular weight excluding hydrogens is 490 g/mol. The van der Waals surface area contributed by atoms with Gasteiger partial charge in [-0.3, -0.25) is 14.6 Å². The van der Waals surface area contributed by atoms with Crippen LogP contribution in [-0.4, -0.2) is 60.2 Å². The number of carbonyl (C=O) groups is 2. The van der Waals surface area contributed by atoms with E-state index < -0.39 is 17.7 Å². The Morgan fingerprint density at radius 1 is 1.13 bits per heavy atom. The van der Waals surface area contributed by atoms with Crippen LogP contribution in [0.4, 0.5) is 0 Å². The highest BCUT2D eigenvalue weighted by molar-refractivity contribution is 6.46. The number of aromatic nitrogens is 2. The van der Waals surface area contributed by atoms with E-state index in [1.807, 2.05) is 30.2 Å². The summed E-state index contributed by atoms with van der Waals surface area (Å²) in [6.45, 7) is 4.10. The van der Waals surface area contributed by atoms with Crippen molar-refractivity contribution in [3.8, 4) is 23.0 Å². The van der Waals surface area contributed by atoms with Crippen LogP contribution in [0.2, 0.25) is 0 Å². The lowest BCUT2D eigenvalue weighted by Crippen LogP contribution is -2.36. The summed E-state index contributed by atoms with van der Waals surface area (Å²) in [7, 11) is 1.53. The fourth-order valence-electron chi connectivity index (χ4n) is 4.82. The van der Waals surface area contributed by atoms with Gasteiger partial charge in [0.15, 0.2) is 23.0 Å². The fourth-order valence-corrected chi connectivity index (χ4v) is 4.82. The van der Waals surface area contributed by atoms with Gasteiger partial charge in [0.2, 0.25) is 6.33 Å². The number of hydrogen-bond acceptors (Lipinski definition) is 7. The van der Waals surface area contributed by atoms with Crippen molar-refractivity contribution in [1.82, 2.24) is 9.88 Å². The van der Waals surface area contributed by atoms with Crippen molar-refractivity contribution in [3.05, 3.63) is 71.8 Å². The molecule has 2 aromatic carbocycles. The van der Waals surface area contributed by atoms with Crippen molar-refractivity contribution in [1.29, 1.82) is 0 Å². The van der Waals surface area contributed by atoms with Gasteiger partial charge in [-0.15, -0.1) is 0 Å². The summed E-state index contributed by atoms with van der Waals surface area (Å²) in [6, 6.07) is 9.41. The molecule has 10 heteroatoms. The molecule has 3 aromatic rings. The second kappa shape index (κ2) is 10.9. The lowest BCUT2D eigenvalue weighted by atomic mass is 9.94. The van der Waals surface area contributed by atoms with Crippen LogP contribution in [0.1, 0.15) is 30.5 Å². The molecule has 1 saturated heterocycles. The maximum Gasteiger partial charge on any atom is 0.295 e. The van der Waals surface area contributed by atoms with Crippen LogP contribution < -0.4 is 23.5 Å². The summed E-state index contributed by atoms with van der Waals surface area (Å²) in [6.07, 6.45) is 6.13. The summed E-state index contributed by atoms with van der Waals surface area (Å²) < 4.78 is 24.4. The SMILES string of the molecule is CCOc1ccc(C2/C(=C(\O)c3ccc4c(c3)OCCO4)C(=O)C(=O)N2CCC[n+]2cc[nH]c2)cc1OC. The lowest BCUT2D eigenvalue weighted by Gasteiger charge is -2.26. The van der Waals surface area contributed by atoms with Gasteiger partial charge in [-0.1, -0.05) is 6.07 Å². The second-order valence-corrected chi connectivity index (χ2v) is 8.90. The third-order valence-corrected chi connectivity index (χ3v) is 6.58. The summed E-state index contributed by atoms with van der Waals surface area (Å²) >= 11 is 0. The highest BCUT2D eigenvalue weighted by atomic mass is 16.6. The molecule has 1 fully saturated rings. The van der Waals surface area contributed by atoms with Gasteiger partial charge >= 0.3 is 0 Å². The molecule has 0 aliphatic carbocycles. The first-order valence-electron chi connectivity index (χ1n) is 12.5. The molecule has 2 aliphatic rings. The quantitative estimate of drug-likeness (QED) is 0.193. The number of nitrogens with one attached hydrogen (secondary N) is 1. The average molecular weight is 521 g/mol. The first-order chi connectivity index (χ1) is 18.5. The van der Waals surface area contributed by atoms with Gasteiger partial charge in [0, 0.05) is 18.5 Å². The molecule has 0 radical (unpaired) electrons. The Balaban J connectivity index is 1.56. The van der Waals surface area contributed by atoms with E-state index >= 15 is 0 Å². The molecule has 1 atom stereocenters. The molecule has 1 unspecified atom stereocenters. The zero-order chi connectivity index (χ0) is 26.6. The number of H-pyrrole nitrogens is 1. The first-order valence-corrected chi connectivity index (χ1v) is 12.5. The average Bonchev–Trinajstić information content (AvgIpc) is 3.55. The Labute approximate surface area is 220 Å². The normalized spacial score (nSPS) is 18.1. The van der Waals surface area contributed by atoms with E-state index in [0.29, 0.717) is 73.5 Å². The third kappa shape index (κ3) is 4.77. The van der Waals surface area contributed by atoms with Crippen molar-refractivity contribution in [2.24, 2.45) is 0 Å². The Morgan fingerprint density at radius 2 is 1.95 bits per heavy atom. The van der Waals surface area contributed by atoms with Crippen LogP contribution >= 0.6 is 0 Å². The van der Waals surface area contributed by atoms with E-state index in [2.05, 4.69) is 4.98 Å². The minimum atomic E-state index is -0.816. The number of hydrogen-bond donors (Lipinski definition) is 2. The van der Waals surface area contributed by atoms with Crippen LogP contribution in [0.15, 0.2) is 60.7 Å². The van der Waals surface area contributed by atoms with Crippen LogP contribution in [0, 0.1) is 0 Å². The summed E-state index contributed by atoms with van der Waals surface area (Å²) in [5.74, 6) is 0.357. The number of nitrogens with zero attached hydrogens (tertiary/aromatic N) is 2. The number of ether oxygens (including phenoxy) is 4. The molecule has 1 amide bonds. The number of ketones is 1. The number of fused-ring (bicyclic) bond motifs is 1. The van der Waals surface area contributed by atoms with Crippen molar-refractivity contribution < 1.29 is 38.2 Å².